The molecule has 2 rings (SSSR count). The van der Waals surface area contributed by atoms with Crippen LogP contribution in [0.25, 0.3) is 0 Å². The number of halogens is 3. The van der Waals surface area contributed by atoms with Crippen LogP contribution in [-0.4, -0.2) is 22.9 Å². The summed E-state index contributed by atoms with van der Waals surface area (Å²) in [4.78, 5) is 19.2. The summed E-state index contributed by atoms with van der Waals surface area (Å²) in [5.41, 5.74) is -0.720. The normalized spacial score (nSPS) is 11.0. The van der Waals surface area contributed by atoms with Crippen molar-refractivity contribution in [2.24, 2.45) is 0 Å². The van der Waals surface area contributed by atoms with E-state index in [0.717, 1.165) is 18.3 Å². The minimum atomic E-state index is -4.51. The SMILES string of the molecule is CNc1cccc(C(=O)Nc2ccc(C(F)(F)F)nc2)n1. The number of carbonyl (C=O) groups is 1. The van der Waals surface area contributed by atoms with Crippen molar-refractivity contribution in [3.63, 3.8) is 0 Å². The number of nitrogens with one attached hydrogen (secondary N) is 2. The van der Waals surface area contributed by atoms with Crippen molar-refractivity contribution in [2.75, 3.05) is 17.7 Å². The first-order valence-corrected chi connectivity index (χ1v) is 5.89. The average molecular weight is 296 g/mol. The fourth-order valence-electron chi connectivity index (χ4n) is 1.53. The Morgan fingerprint density at radius 2 is 1.95 bits per heavy atom. The molecule has 0 unspecified atom stereocenters. The molecule has 2 aromatic heterocycles. The van der Waals surface area contributed by atoms with Crippen molar-refractivity contribution in [1.82, 2.24) is 9.97 Å². The van der Waals surface area contributed by atoms with E-state index in [1.807, 2.05) is 0 Å². The zero-order valence-electron chi connectivity index (χ0n) is 10.9. The Morgan fingerprint density at radius 3 is 2.52 bits per heavy atom. The summed E-state index contributed by atoms with van der Waals surface area (Å²) in [6, 6.07) is 6.74. The third-order valence-corrected chi connectivity index (χ3v) is 2.55. The lowest BCUT2D eigenvalue weighted by Crippen LogP contribution is -2.15. The maximum atomic E-state index is 12.4. The standard InChI is InChI=1S/C13H11F3N4O/c1-17-11-4-2-3-9(20-11)12(21)19-8-5-6-10(18-7-8)13(14,15)16/h2-7H,1H3,(H,17,20)(H,19,21). The summed E-state index contributed by atoms with van der Waals surface area (Å²) in [5, 5.41) is 5.21. The van der Waals surface area contributed by atoms with Crippen LogP contribution < -0.4 is 10.6 Å². The van der Waals surface area contributed by atoms with Crippen LogP contribution in [0.3, 0.4) is 0 Å². The molecule has 110 valence electrons. The molecule has 2 N–H and O–H groups in total. The second-order valence-electron chi connectivity index (χ2n) is 4.04. The van der Waals surface area contributed by atoms with Crippen molar-refractivity contribution in [3.8, 4) is 0 Å². The molecule has 1 amide bonds. The van der Waals surface area contributed by atoms with E-state index in [0.29, 0.717) is 5.82 Å². The van der Waals surface area contributed by atoms with Crippen LogP contribution in [0.1, 0.15) is 16.2 Å². The second-order valence-corrected chi connectivity index (χ2v) is 4.04. The topological polar surface area (TPSA) is 66.9 Å². The number of pyridine rings is 2. The lowest BCUT2D eigenvalue weighted by Gasteiger charge is -2.08. The van der Waals surface area contributed by atoms with Gasteiger partial charge in [-0.1, -0.05) is 6.07 Å². The second kappa shape index (κ2) is 5.78. The number of amides is 1. The third kappa shape index (κ3) is 3.68. The highest BCUT2D eigenvalue weighted by atomic mass is 19.4. The summed E-state index contributed by atoms with van der Waals surface area (Å²) in [5.74, 6) is -0.0261. The van der Waals surface area contributed by atoms with Crippen molar-refractivity contribution in [1.29, 1.82) is 0 Å². The van der Waals surface area contributed by atoms with Crippen molar-refractivity contribution < 1.29 is 18.0 Å². The number of anilines is 2. The van der Waals surface area contributed by atoms with Crippen LogP contribution in [0, 0.1) is 0 Å². The minimum Gasteiger partial charge on any atom is -0.373 e. The van der Waals surface area contributed by atoms with E-state index in [4.69, 9.17) is 0 Å². The average Bonchev–Trinajstić information content (AvgIpc) is 2.47. The van der Waals surface area contributed by atoms with Crippen LogP contribution in [-0.2, 0) is 6.18 Å². The predicted molar refractivity (Wildman–Crippen MR) is 71.0 cm³/mol. The van der Waals surface area contributed by atoms with E-state index in [2.05, 4.69) is 20.6 Å². The number of carbonyl (C=O) groups excluding carboxylic acids is 1. The first-order valence-electron chi connectivity index (χ1n) is 5.89. The quantitative estimate of drug-likeness (QED) is 0.914. The maximum absolute atomic E-state index is 12.4. The number of aromatic nitrogens is 2. The van der Waals surface area contributed by atoms with E-state index in [1.165, 1.54) is 6.07 Å². The molecule has 0 saturated carbocycles. The maximum Gasteiger partial charge on any atom is 0.433 e. The summed E-state index contributed by atoms with van der Waals surface area (Å²) < 4.78 is 37.1. The molecule has 21 heavy (non-hydrogen) atoms. The number of hydrogen-bond acceptors (Lipinski definition) is 4. The molecule has 0 fully saturated rings. The molecule has 0 aliphatic heterocycles. The van der Waals surface area contributed by atoms with Gasteiger partial charge in [0.2, 0.25) is 0 Å². The lowest BCUT2D eigenvalue weighted by molar-refractivity contribution is -0.141. The summed E-state index contributed by atoms with van der Waals surface area (Å²) in [6.45, 7) is 0. The smallest absolute Gasteiger partial charge is 0.373 e. The molecule has 0 radical (unpaired) electrons. The van der Waals surface area contributed by atoms with Crippen molar-refractivity contribution in [3.05, 3.63) is 47.9 Å². The van der Waals surface area contributed by atoms with Gasteiger partial charge in [0.25, 0.3) is 5.91 Å². The van der Waals surface area contributed by atoms with Crippen LogP contribution >= 0.6 is 0 Å². The number of alkyl halides is 3. The van der Waals surface area contributed by atoms with Crippen LogP contribution in [0.15, 0.2) is 36.5 Å². The predicted octanol–water partition coefficient (Wildman–Crippen LogP) is 2.79. The zero-order valence-corrected chi connectivity index (χ0v) is 10.9. The molecule has 0 aromatic carbocycles. The highest BCUT2D eigenvalue weighted by molar-refractivity contribution is 6.02. The Kier molecular flexibility index (Phi) is 4.06. The molecule has 0 atom stereocenters. The van der Waals surface area contributed by atoms with Gasteiger partial charge in [0.05, 0.1) is 11.9 Å². The van der Waals surface area contributed by atoms with Gasteiger partial charge in [-0.05, 0) is 24.3 Å². The fraction of sp³-hybridized carbons (Fsp3) is 0.154. The monoisotopic (exact) mass is 296 g/mol. The van der Waals surface area contributed by atoms with Gasteiger partial charge in [-0.25, -0.2) is 9.97 Å². The largest absolute Gasteiger partial charge is 0.433 e. The molecule has 5 nitrogen and oxygen atoms in total. The van der Waals surface area contributed by atoms with Crippen LogP contribution in [0.2, 0.25) is 0 Å². The molecule has 0 saturated heterocycles. The van der Waals surface area contributed by atoms with Gasteiger partial charge in [-0.15, -0.1) is 0 Å². The molecule has 0 aliphatic rings. The Hall–Kier alpha value is -2.64. The van der Waals surface area contributed by atoms with Crippen molar-refractivity contribution >= 4 is 17.4 Å². The van der Waals surface area contributed by atoms with Gasteiger partial charge in [0, 0.05) is 7.05 Å². The van der Waals surface area contributed by atoms with Gasteiger partial charge in [-0.2, -0.15) is 13.2 Å². The van der Waals surface area contributed by atoms with Crippen LogP contribution in [0.4, 0.5) is 24.7 Å². The Balaban J connectivity index is 2.12. The molecular formula is C13H11F3N4O. The highest BCUT2D eigenvalue weighted by Gasteiger charge is 2.32. The van der Waals surface area contributed by atoms with Crippen LogP contribution in [0.5, 0.6) is 0 Å². The molecule has 2 aromatic rings. The first kappa shape index (κ1) is 14.8. The molecular weight excluding hydrogens is 285 g/mol. The molecule has 0 bridgehead atoms. The van der Waals surface area contributed by atoms with E-state index in [1.54, 1.807) is 19.2 Å². The highest BCUT2D eigenvalue weighted by Crippen LogP contribution is 2.27. The Morgan fingerprint density at radius 1 is 1.19 bits per heavy atom. The number of rotatable bonds is 3. The lowest BCUT2D eigenvalue weighted by atomic mass is 10.3. The van der Waals surface area contributed by atoms with Crippen molar-refractivity contribution in [2.45, 2.75) is 6.18 Å². The summed E-state index contributed by atoms with van der Waals surface area (Å²) in [6.07, 6.45) is -3.56. The molecule has 8 heteroatoms. The first-order chi connectivity index (χ1) is 9.90. The van der Waals surface area contributed by atoms with E-state index < -0.39 is 17.8 Å². The number of hydrogen-bond donors (Lipinski definition) is 2. The molecule has 0 spiro atoms. The van der Waals surface area contributed by atoms with Gasteiger partial charge >= 0.3 is 6.18 Å². The minimum absolute atomic E-state index is 0.141. The van der Waals surface area contributed by atoms with Gasteiger partial charge in [0.1, 0.15) is 17.2 Å². The number of nitrogens with zero attached hydrogens (tertiary/aromatic N) is 2. The summed E-state index contributed by atoms with van der Waals surface area (Å²) in [7, 11) is 1.66. The van der Waals surface area contributed by atoms with E-state index in [9.17, 15) is 18.0 Å². The summed E-state index contributed by atoms with van der Waals surface area (Å²) >= 11 is 0. The van der Waals surface area contributed by atoms with Gasteiger partial charge < -0.3 is 10.6 Å². The Labute approximate surface area is 118 Å². The van der Waals surface area contributed by atoms with Gasteiger partial charge in [-0.3, -0.25) is 4.79 Å². The molecule has 2 heterocycles. The van der Waals surface area contributed by atoms with E-state index in [-0.39, 0.29) is 11.4 Å². The Bertz CT molecular complexity index is 641. The molecule has 0 aliphatic carbocycles. The fourth-order valence-corrected chi connectivity index (χ4v) is 1.53. The zero-order chi connectivity index (χ0) is 15.5. The third-order valence-electron chi connectivity index (χ3n) is 2.55. The van der Waals surface area contributed by atoms with E-state index >= 15 is 0 Å². The van der Waals surface area contributed by atoms with Gasteiger partial charge in [0.15, 0.2) is 0 Å².